The van der Waals surface area contributed by atoms with E-state index < -0.39 is 6.10 Å². The molecule has 1 aromatic carbocycles. The molecular weight excluding hydrogens is 244 g/mol. The van der Waals surface area contributed by atoms with Gasteiger partial charge in [-0.15, -0.1) is 0 Å². The molecule has 19 heavy (non-hydrogen) atoms. The van der Waals surface area contributed by atoms with Crippen molar-refractivity contribution in [3.05, 3.63) is 29.3 Å². The van der Waals surface area contributed by atoms with Crippen LogP contribution in [0.2, 0.25) is 0 Å². The molecule has 5 nitrogen and oxygen atoms in total. The normalized spacial score (nSPS) is 16.2. The van der Waals surface area contributed by atoms with Crippen LogP contribution < -0.4 is 10.2 Å². The Bertz CT molecular complexity index is 513. The monoisotopic (exact) mass is 262 g/mol. The molecule has 1 atom stereocenters. The number of ketones is 1. The molecule has 0 bridgehead atoms. The van der Waals surface area contributed by atoms with E-state index in [0.717, 1.165) is 11.3 Å². The van der Waals surface area contributed by atoms with Gasteiger partial charge < -0.3 is 15.3 Å². The number of aliphatic hydroxyl groups excluding tert-OH is 1. The topological polar surface area (TPSA) is 69.6 Å². The summed E-state index contributed by atoms with van der Waals surface area (Å²) in [6, 6.07) is 5.21. The van der Waals surface area contributed by atoms with Crippen molar-refractivity contribution in [2.75, 3.05) is 25.5 Å². The van der Waals surface area contributed by atoms with Crippen molar-refractivity contribution in [1.29, 1.82) is 0 Å². The molecule has 1 aromatic rings. The Morgan fingerprint density at radius 1 is 1.47 bits per heavy atom. The van der Waals surface area contributed by atoms with E-state index >= 15 is 0 Å². The van der Waals surface area contributed by atoms with Crippen LogP contribution in [-0.2, 0) is 11.2 Å². The van der Waals surface area contributed by atoms with Crippen LogP contribution in [0.1, 0.15) is 22.3 Å². The lowest BCUT2D eigenvalue weighted by atomic mass is 9.96. The lowest BCUT2D eigenvalue weighted by Gasteiger charge is -2.26. The molecule has 102 valence electrons. The fraction of sp³-hybridized carbons (Fsp3) is 0.429. The largest absolute Gasteiger partial charge is 0.384 e. The van der Waals surface area contributed by atoms with Crippen LogP contribution in [0.5, 0.6) is 0 Å². The van der Waals surface area contributed by atoms with E-state index in [2.05, 4.69) is 5.32 Å². The second-order valence-corrected chi connectivity index (χ2v) is 4.73. The fourth-order valence-corrected chi connectivity index (χ4v) is 2.29. The zero-order valence-corrected chi connectivity index (χ0v) is 11.1. The number of nitrogens with one attached hydrogen (secondary N) is 1. The van der Waals surface area contributed by atoms with Crippen LogP contribution in [0, 0.1) is 0 Å². The molecule has 0 saturated carbocycles. The van der Waals surface area contributed by atoms with Gasteiger partial charge in [-0.2, -0.15) is 0 Å². The van der Waals surface area contributed by atoms with Gasteiger partial charge in [0.2, 0.25) is 5.91 Å². The average Bonchev–Trinajstić information content (AvgIpc) is 2.42. The highest BCUT2D eigenvalue weighted by atomic mass is 16.3. The van der Waals surface area contributed by atoms with Gasteiger partial charge in [-0.25, -0.2) is 0 Å². The second kappa shape index (κ2) is 5.50. The number of hydrogen-bond acceptors (Lipinski definition) is 4. The van der Waals surface area contributed by atoms with Gasteiger partial charge in [0.25, 0.3) is 0 Å². The highest BCUT2D eigenvalue weighted by Crippen LogP contribution is 2.27. The first-order valence-electron chi connectivity index (χ1n) is 6.31. The maximum atomic E-state index is 12.0. The number of nitrogens with zero attached hydrogens (tertiary/aromatic N) is 1. The maximum Gasteiger partial charge on any atom is 0.227 e. The number of rotatable bonds is 4. The van der Waals surface area contributed by atoms with Gasteiger partial charge in [0, 0.05) is 31.3 Å². The quantitative estimate of drug-likeness (QED) is 0.769. The van der Waals surface area contributed by atoms with Gasteiger partial charge >= 0.3 is 0 Å². The third-order valence-electron chi connectivity index (χ3n) is 3.41. The Hall–Kier alpha value is -1.72. The summed E-state index contributed by atoms with van der Waals surface area (Å²) in [5.74, 6) is -0.210. The number of Topliss-reactive ketones (excluding diaryl/α,β-unsaturated/α-hetero) is 1. The molecule has 0 spiro atoms. The van der Waals surface area contributed by atoms with Gasteiger partial charge in [0.05, 0.1) is 0 Å². The van der Waals surface area contributed by atoms with Gasteiger partial charge in [0.15, 0.2) is 5.78 Å². The number of hydrogen-bond donors (Lipinski definition) is 2. The van der Waals surface area contributed by atoms with Crippen LogP contribution in [0.4, 0.5) is 5.69 Å². The minimum atomic E-state index is -1.04. The minimum absolute atomic E-state index is 0.0850. The SMILES string of the molecule is CNCC(O)C(=O)c1ccc2c(c1)CCC(=O)N2C. The van der Waals surface area contributed by atoms with Crippen LogP contribution in [0.25, 0.3) is 0 Å². The van der Waals surface area contributed by atoms with Gasteiger partial charge in [-0.1, -0.05) is 0 Å². The third kappa shape index (κ3) is 2.67. The van der Waals surface area contributed by atoms with E-state index in [1.807, 2.05) is 0 Å². The van der Waals surface area contributed by atoms with Crippen molar-refractivity contribution in [1.82, 2.24) is 5.32 Å². The zero-order valence-electron chi connectivity index (χ0n) is 11.1. The Kier molecular flexibility index (Phi) is 3.97. The smallest absolute Gasteiger partial charge is 0.227 e. The second-order valence-electron chi connectivity index (χ2n) is 4.73. The van der Waals surface area contributed by atoms with Crippen molar-refractivity contribution < 1.29 is 14.7 Å². The van der Waals surface area contributed by atoms with Crippen molar-refractivity contribution in [3.63, 3.8) is 0 Å². The summed E-state index contributed by atoms with van der Waals surface area (Å²) < 4.78 is 0. The lowest BCUT2D eigenvalue weighted by molar-refractivity contribution is -0.118. The van der Waals surface area contributed by atoms with Crippen molar-refractivity contribution in [2.45, 2.75) is 18.9 Å². The average molecular weight is 262 g/mol. The lowest BCUT2D eigenvalue weighted by Crippen LogP contribution is -2.33. The molecule has 1 heterocycles. The first kappa shape index (κ1) is 13.7. The predicted molar refractivity (Wildman–Crippen MR) is 72.4 cm³/mol. The van der Waals surface area contributed by atoms with E-state index in [9.17, 15) is 14.7 Å². The van der Waals surface area contributed by atoms with E-state index in [0.29, 0.717) is 18.4 Å². The molecule has 0 fully saturated rings. The van der Waals surface area contributed by atoms with E-state index in [4.69, 9.17) is 0 Å². The Labute approximate surface area is 112 Å². The molecule has 1 aliphatic rings. The maximum absolute atomic E-state index is 12.0. The van der Waals surface area contributed by atoms with E-state index in [-0.39, 0.29) is 18.2 Å². The molecule has 0 aliphatic carbocycles. The Balaban J connectivity index is 2.27. The van der Waals surface area contributed by atoms with Gasteiger partial charge in [-0.05, 0) is 37.2 Å². The molecule has 0 aromatic heterocycles. The van der Waals surface area contributed by atoms with Crippen molar-refractivity contribution >= 4 is 17.4 Å². The van der Waals surface area contributed by atoms with Crippen molar-refractivity contribution in [3.8, 4) is 0 Å². The summed E-state index contributed by atoms with van der Waals surface area (Å²) in [6.45, 7) is 0.230. The summed E-state index contributed by atoms with van der Waals surface area (Å²) in [7, 11) is 3.42. The number of aryl methyl sites for hydroxylation is 1. The number of fused-ring (bicyclic) bond motifs is 1. The summed E-state index contributed by atoms with van der Waals surface area (Å²) in [5, 5.41) is 12.5. The number of carbonyl (C=O) groups excluding carboxylic acids is 2. The molecule has 0 radical (unpaired) electrons. The molecule has 1 aliphatic heterocycles. The number of benzene rings is 1. The summed E-state index contributed by atoms with van der Waals surface area (Å²) in [4.78, 5) is 25.2. The molecule has 5 heteroatoms. The van der Waals surface area contributed by atoms with Gasteiger partial charge in [-0.3, -0.25) is 9.59 Å². The highest BCUT2D eigenvalue weighted by molar-refractivity contribution is 6.01. The van der Waals surface area contributed by atoms with E-state index in [1.54, 1.807) is 37.2 Å². The Morgan fingerprint density at radius 2 is 2.21 bits per heavy atom. The number of amides is 1. The summed E-state index contributed by atoms with van der Waals surface area (Å²) in [6.07, 6.45) is 0.0631. The molecular formula is C14H18N2O3. The van der Waals surface area contributed by atoms with Gasteiger partial charge in [0.1, 0.15) is 6.10 Å². The molecule has 1 amide bonds. The minimum Gasteiger partial charge on any atom is -0.384 e. The number of anilines is 1. The van der Waals surface area contributed by atoms with E-state index in [1.165, 1.54) is 0 Å². The summed E-state index contributed by atoms with van der Waals surface area (Å²) >= 11 is 0. The first-order valence-corrected chi connectivity index (χ1v) is 6.31. The summed E-state index contributed by atoms with van der Waals surface area (Å²) in [5.41, 5.74) is 2.31. The Morgan fingerprint density at radius 3 is 2.89 bits per heavy atom. The zero-order chi connectivity index (χ0) is 14.0. The molecule has 2 N–H and O–H groups in total. The fourth-order valence-electron chi connectivity index (χ4n) is 2.29. The highest BCUT2D eigenvalue weighted by Gasteiger charge is 2.23. The molecule has 0 saturated heterocycles. The van der Waals surface area contributed by atoms with Crippen LogP contribution in [0.3, 0.4) is 0 Å². The third-order valence-corrected chi connectivity index (χ3v) is 3.41. The number of aliphatic hydroxyl groups is 1. The van der Waals surface area contributed by atoms with Crippen LogP contribution >= 0.6 is 0 Å². The number of likely N-dealkylation sites (N-methyl/N-ethyl adjacent to an activating group) is 1. The molecule has 2 rings (SSSR count). The first-order chi connectivity index (χ1) is 9.04. The standard InChI is InChI=1S/C14H18N2O3/c1-15-8-12(17)14(19)10-3-5-11-9(7-10)4-6-13(18)16(11)2/h3,5,7,12,15,17H,4,6,8H2,1-2H3. The number of carbonyl (C=O) groups is 2. The van der Waals surface area contributed by atoms with Crippen LogP contribution in [-0.4, -0.2) is 43.5 Å². The van der Waals surface area contributed by atoms with Crippen molar-refractivity contribution in [2.24, 2.45) is 0 Å². The predicted octanol–water partition coefficient (Wildman–Crippen LogP) is 0.359. The van der Waals surface area contributed by atoms with Crippen LogP contribution in [0.15, 0.2) is 18.2 Å². The molecule has 1 unspecified atom stereocenters.